The van der Waals surface area contributed by atoms with Crippen molar-refractivity contribution in [3.05, 3.63) is 66.0 Å². The number of hydrogen-bond acceptors (Lipinski definition) is 8. The summed E-state index contributed by atoms with van der Waals surface area (Å²) in [6, 6.07) is 6.26. The Balaban J connectivity index is 1.52. The molecule has 224 valence electrons. The smallest absolute Gasteiger partial charge is 0.410 e. The van der Waals surface area contributed by atoms with Crippen molar-refractivity contribution >= 4 is 12.1 Å². The summed E-state index contributed by atoms with van der Waals surface area (Å²) < 4.78 is 11.8. The fraction of sp³-hybridized carbons (Fsp3) is 0.594. The van der Waals surface area contributed by atoms with Crippen LogP contribution in [0.25, 0.3) is 0 Å². The number of cyclic esters (lactones) is 1. The molecule has 0 aromatic carbocycles. The van der Waals surface area contributed by atoms with E-state index in [1.54, 1.807) is 24.1 Å². The molecule has 2 N–H and O–H groups in total. The van der Waals surface area contributed by atoms with Gasteiger partial charge >= 0.3 is 12.1 Å². The normalized spacial score (nSPS) is 35.0. The number of amides is 1. The van der Waals surface area contributed by atoms with Gasteiger partial charge in [-0.15, -0.1) is 0 Å². The third kappa shape index (κ3) is 7.84. The third-order valence-corrected chi connectivity index (χ3v) is 8.66. The second kappa shape index (κ2) is 13.3. The first-order valence-electron chi connectivity index (χ1n) is 14.7. The molecule has 0 radical (unpaired) electrons. The van der Waals surface area contributed by atoms with E-state index in [9.17, 15) is 19.8 Å². The van der Waals surface area contributed by atoms with Crippen LogP contribution in [0.4, 0.5) is 4.79 Å². The zero-order valence-corrected chi connectivity index (χ0v) is 24.8. The van der Waals surface area contributed by atoms with Crippen molar-refractivity contribution in [1.82, 2.24) is 14.8 Å². The Morgan fingerprint density at radius 1 is 1.27 bits per heavy atom. The van der Waals surface area contributed by atoms with Crippen LogP contribution in [-0.4, -0.2) is 93.2 Å². The van der Waals surface area contributed by atoms with Gasteiger partial charge in [-0.25, -0.2) is 4.79 Å². The van der Waals surface area contributed by atoms with E-state index in [2.05, 4.69) is 23.9 Å². The molecule has 0 spiro atoms. The average Bonchev–Trinajstić information content (AvgIpc) is 3.52. The molecule has 2 fully saturated rings. The quantitative estimate of drug-likeness (QED) is 0.312. The molecule has 1 aromatic rings. The molecule has 4 rings (SSSR count). The van der Waals surface area contributed by atoms with Gasteiger partial charge in [-0.2, -0.15) is 0 Å². The minimum Gasteiger partial charge on any atom is -0.457 e. The van der Waals surface area contributed by atoms with Crippen LogP contribution in [0, 0.1) is 5.92 Å². The lowest BCUT2D eigenvalue weighted by Crippen LogP contribution is -2.50. The van der Waals surface area contributed by atoms with Crippen molar-refractivity contribution in [3.63, 3.8) is 0 Å². The molecule has 1 amide bonds. The van der Waals surface area contributed by atoms with Crippen LogP contribution in [0.2, 0.25) is 0 Å². The van der Waals surface area contributed by atoms with Gasteiger partial charge in [-0.1, -0.05) is 44.2 Å². The van der Waals surface area contributed by atoms with Crippen molar-refractivity contribution in [1.29, 1.82) is 0 Å². The van der Waals surface area contributed by atoms with E-state index in [1.807, 2.05) is 56.4 Å². The highest BCUT2D eigenvalue weighted by Crippen LogP contribution is 2.32. The number of pyridine rings is 1. The third-order valence-electron chi connectivity index (χ3n) is 8.66. The lowest BCUT2D eigenvalue weighted by Gasteiger charge is -2.36. The number of piperazine rings is 1. The summed E-state index contributed by atoms with van der Waals surface area (Å²) in [6.45, 7) is 8.90. The molecular weight excluding hydrogens is 522 g/mol. The number of esters is 1. The highest BCUT2D eigenvalue weighted by Gasteiger charge is 2.45. The van der Waals surface area contributed by atoms with E-state index in [4.69, 9.17) is 9.47 Å². The minimum absolute atomic E-state index is 0.107. The summed E-state index contributed by atoms with van der Waals surface area (Å²) in [5.41, 5.74) is 0.346. The van der Waals surface area contributed by atoms with E-state index >= 15 is 0 Å². The summed E-state index contributed by atoms with van der Waals surface area (Å²) in [4.78, 5) is 34.4. The summed E-state index contributed by atoms with van der Waals surface area (Å²) in [6.07, 6.45) is 9.27. The van der Waals surface area contributed by atoms with Gasteiger partial charge in [0.05, 0.1) is 12.5 Å². The van der Waals surface area contributed by atoms with Crippen LogP contribution in [0.1, 0.15) is 65.0 Å². The van der Waals surface area contributed by atoms with Gasteiger partial charge in [0, 0.05) is 48.9 Å². The van der Waals surface area contributed by atoms with Crippen LogP contribution < -0.4 is 0 Å². The van der Waals surface area contributed by atoms with Crippen molar-refractivity contribution in [2.45, 2.75) is 95.3 Å². The van der Waals surface area contributed by atoms with Gasteiger partial charge in [-0.3, -0.25) is 14.7 Å². The summed E-state index contributed by atoms with van der Waals surface area (Å²) in [5.74, 6) is -0.684. The molecule has 9 heteroatoms. The topological polar surface area (TPSA) is 112 Å². The maximum absolute atomic E-state index is 13.2. The SMILES string of the molecule is C/C(=C\C=C\[C@@H](C)c1ccccn1)[C@@H]1OC(=O)C[C@@H](O)CC[C@@](C)(O)[C@@H](OC(=O)N2C[C@H]3C[C@H]2CN3C)/C=C\[C@H]1C. The van der Waals surface area contributed by atoms with E-state index in [-0.39, 0.29) is 37.1 Å². The fourth-order valence-corrected chi connectivity index (χ4v) is 5.93. The number of aliphatic hydroxyl groups excluding tert-OH is 1. The molecule has 0 aliphatic carbocycles. The van der Waals surface area contributed by atoms with Crippen LogP contribution in [0.3, 0.4) is 0 Å². The lowest BCUT2D eigenvalue weighted by atomic mass is 9.88. The fourth-order valence-electron chi connectivity index (χ4n) is 5.93. The predicted octanol–water partition coefficient (Wildman–Crippen LogP) is 3.98. The molecule has 3 aliphatic heterocycles. The number of likely N-dealkylation sites (N-methyl/N-ethyl adjacent to an activating group) is 1. The van der Waals surface area contributed by atoms with E-state index in [0.717, 1.165) is 24.2 Å². The minimum atomic E-state index is -1.43. The molecule has 9 nitrogen and oxygen atoms in total. The van der Waals surface area contributed by atoms with Crippen molar-refractivity contribution in [2.24, 2.45) is 5.92 Å². The van der Waals surface area contributed by atoms with Gasteiger partial charge in [0.15, 0.2) is 6.10 Å². The van der Waals surface area contributed by atoms with Gasteiger partial charge in [0.2, 0.25) is 0 Å². The van der Waals surface area contributed by atoms with Crippen LogP contribution in [0.5, 0.6) is 0 Å². The Morgan fingerprint density at radius 2 is 2.05 bits per heavy atom. The number of fused-ring (bicyclic) bond motifs is 2. The molecule has 8 atom stereocenters. The first-order valence-corrected chi connectivity index (χ1v) is 14.7. The van der Waals surface area contributed by atoms with Gasteiger partial charge in [0.1, 0.15) is 11.7 Å². The molecular formula is C32H45N3O6. The second-order valence-electron chi connectivity index (χ2n) is 12.2. The molecule has 1 aromatic heterocycles. The number of rotatable bonds is 5. The van der Waals surface area contributed by atoms with Gasteiger partial charge < -0.3 is 24.6 Å². The van der Waals surface area contributed by atoms with Crippen molar-refractivity contribution in [2.75, 3.05) is 20.1 Å². The number of aromatic nitrogens is 1. The standard InChI is InChI=1S/C32H45N3O6/c1-21(27-11-6-7-16-33-27)9-8-10-22(2)30-23(3)12-13-28(32(4,39)15-14-26(36)18-29(37)41-30)40-31(38)35-20-24-17-25(35)19-34(24)5/h6-13,16,21,23-26,28,30,36,39H,14-15,17-20H2,1-5H3/b9-8+,13-12-,22-10+/t21-,23-,24-,25+,26+,28+,30+,32-/m1/s1. The average molecular weight is 568 g/mol. The number of carbonyl (C=O) groups is 2. The monoisotopic (exact) mass is 567 g/mol. The maximum Gasteiger partial charge on any atom is 0.410 e. The summed E-state index contributed by atoms with van der Waals surface area (Å²) >= 11 is 0. The number of aliphatic hydroxyl groups is 2. The molecule has 2 saturated heterocycles. The molecule has 0 unspecified atom stereocenters. The molecule has 4 heterocycles. The van der Waals surface area contributed by atoms with E-state index < -0.39 is 36.0 Å². The highest BCUT2D eigenvalue weighted by atomic mass is 16.6. The summed E-state index contributed by atoms with van der Waals surface area (Å²) in [5, 5.41) is 21.9. The lowest BCUT2D eigenvalue weighted by molar-refractivity contribution is -0.151. The Bertz CT molecular complexity index is 1150. The molecule has 41 heavy (non-hydrogen) atoms. The number of likely N-dealkylation sites (tertiary alicyclic amines) is 2. The van der Waals surface area contributed by atoms with Crippen LogP contribution in [-0.2, 0) is 14.3 Å². The zero-order valence-electron chi connectivity index (χ0n) is 24.8. The zero-order chi connectivity index (χ0) is 29.7. The summed E-state index contributed by atoms with van der Waals surface area (Å²) in [7, 11) is 2.07. The van der Waals surface area contributed by atoms with E-state index in [1.165, 1.54) is 0 Å². The first-order chi connectivity index (χ1) is 19.4. The van der Waals surface area contributed by atoms with Crippen LogP contribution >= 0.6 is 0 Å². The highest BCUT2D eigenvalue weighted by molar-refractivity contribution is 5.70. The number of ether oxygens (including phenoxy) is 2. The van der Waals surface area contributed by atoms with Crippen molar-refractivity contribution in [3.8, 4) is 0 Å². The largest absolute Gasteiger partial charge is 0.457 e. The number of nitrogens with zero attached hydrogens (tertiary/aromatic N) is 3. The Labute approximate surface area is 243 Å². The predicted molar refractivity (Wildman–Crippen MR) is 156 cm³/mol. The van der Waals surface area contributed by atoms with Gasteiger partial charge in [-0.05, 0) is 63.9 Å². The van der Waals surface area contributed by atoms with Crippen molar-refractivity contribution < 1.29 is 29.3 Å². The molecule has 0 saturated carbocycles. The van der Waals surface area contributed by atoms with Crippen LogP contribution in [0.15, 0.2) is 60.3 Å². The number of hydrogen-bond donors (Lipinski definition) is 2. The van der Waals surface area contributed by atoms with E-state index in [0.29, 0.717) is 12.6 Å². The Kier molecular flexibility index (Phi) is 10.0. The number of carbonyl (C=O) groups excluding carboxylic acids is 2. The Morgan fingerprint density at radius 3 is 2.71 bits per heavy atom. The maximum atomic E-state index is 13.2. The van der Waals surface area contributed by atoms with Gasteiger partial charge in [0.25, 0.3) is 0 Å². The first kappa shape index (κ1) is 30.9. The Hall–Kier alpha value is -3.01. The number of allylic oxidation sites excluding steroid dienone is 3. The second-order valence-corrected chi connectivity index (χ2v) is 12.2. The molecule has 2 bridgehead atoms. The molecule has 3 aliphatic rings.